The number of methoxy groups -OCH3 is 1. The van der Waals surface area contributed by atoms with E-state index in [2.05, 4.69) is 29.4 Å². The van der Waals surface area contributed by atoms with Crippen LogP contribution in [-0.2, 0) is 16.0 Å². The van der Waals surface area contributed by atoms with Crippen molar-refractivity contribution in [2.75, 3.05) is 13.7 Å². The maximum absolute atomic E-state index is 8.00. The first-order valence-corrected chi connectivity index (χ1v) is 5.92. The fourth-order valence-corrected chi connectivity index (χ4v) is 2.03. The lowest BCUT2D eigenvalue weighted by molar-refractivity contribution is -0.0979. The molecule has 2 aromatic rings. The van der Waals surface area contributed by atoms with Crippen LogP contribution in [0.2, 0.25) is 0 Å². The number of aromatic amines is 1. The van der Waals surface area contributed by atoms with E-state index in [1.165, 1.54) is 16.5 Å². The first kappa shape index (κ1) is 14.4. The van der Waals surface area contributed by atoms with Gasteiger partial charge in [-0.05, 0) is 24.6 Å². The Morgan fingerprint density at radius 1 is 1.39 bits per heavy atom. The topological polar surface area (TPSA) is 68.1 Å². The van der Waals surface area contributed by atoms with Crippen LogP contribution in [-0.4, -0.2) is 31.5 Å². The highest BCUT2D eigenvalue weighted by atomic mass is 16.5. The van der Waals surface area contributed by atoms with Crippen molar-refractivity contribution >= 4 is 17.7 Å². The summed E-state index contributed by atoms with van der Waals surface area (Å²) in [4.78, 5) is 11.3. The molecule has 0 saturated heterocycles. The molecule has 98 valence electrons. The van der Waals surface area contributed by atoms with E-state index in [1.807, 2.05) is 12.9 Å². The van der Waals surface area contributed by atoms with Crippen LogP contribution in [0, 0.1) is 0 Å². The number of nitrogens with one attached hydrogen (secondary N) is 1. The van der Waals surface area contributed by atoms with Gasteiger partial charge in [0.2, 0.25) is 0 Å². The number of carbonyl (C=O) groups excluding carboxylic acids is 1. The molecule has 0 aliphatic rings. The number of benzene rings is 1. The second-order valence-corrected chi connectivity index (χ2v) is 4.00. The number of hydrogen-bond donors (Lipinski definition) is 2. The smallest absolute Gasteiger partial charge is 0.106 e. The van der Waals surface area contributed by atoms with Gasteiger partial charge in [0.25, 0.3) is 0 Å². The van der Waals surface area contributed by atoms with Crippen molar-refractivity contribution in [2.24, 2.45) is 5.73 Å². The molecular weight excluding hydrogens is 228 g/mol. The second kappa shape index (κ2) is 7.63. The van der Waals surface area contributed by atoms with E-state index in [-0.39, 0.29) is 6.10 Å². The number of rotatable bonds is 5. The lowest BCUT2D eigenvalue weighted by atomic mass is 10.0. The SMILES string of the molecule is C=O.COC(CCN)Cc1c[nH]c2ccccc12. The minimum absolute atomic E-state index is 0.212. The average molecular weight is 248 g/mol. The van der Waals surface area contributed by atoms with E-state index in [1.54, 1.807) is 7.11 Å². The fourth-order valence-electron chi connectivity index (χ4n) is 2.03. The molecule has 0 aliphatic carbocycles. The van der Waals surface area contributed by atoms with Crippen LogP contribution < -0.4 is 5.73 Å². The molecule has 1 atom stereocenters. The standard InChI is InChI=1S/C13H18N2O.CH2O/c1-16-11(6-7-14)8-10-9-15-13-5-3-2-4-12(10)13;1-2/h2-5,9,11,15H,6-8,14H2,1H3;1H2. The van der Waals surface area contributed by atoms with Crippen LogP contribution in [0.25, 0.3) is 10.9 Å². The summed E-state index contributed by atoms with van der Waals surface area (Å²) in [6.07, 6.45) is 4.09. The monoisotopic (exact) mass is 248 g/mol. The minimum atomic E-state index is 0.212. The van der Waals surface area contributed by atoms with Gasteiger partial charge in [-0.1, -0.05) is 18.2 Å². The third kappa shape index (κ3) is 3.42. The van der Waals surface area contributed by atoms with Crippen molar-refractivity contribution in [3.8, 4) is 0 Å². The van der Waals surface area contributed by atoms with Gasteiger partial charge in [-0.2, -0.15) is 0 Å². The van der Waals surface area contributed by atoms with Crippen LogP contribution in [0.5, 0.6) is 0 Å². The molecular formula is C14H20N2O2. The molecule has 2 rings (SSSR count). The summed E-state index contributed by atoms with van der Waals surface area (Å²) >= 11 is 0. The van der Waals surface area contributed by atoms with E-state index in [0.717, 1.165) is 12.8 Å². The van der Waals surface area contributed by atoms with Crippen molar-refractivity contribution in [3.63, 3.8) is 0 Å². The molecule has 4 nitrogen and oxygen atoms in total. The van der Waals surface area contributed by atoms with E-state index < -0.39 is 0 Å². The van der Waals surface area contributed by atoms with Gasteiger partial charge in [0, 0.05) is 30.6 Å². The second-order valence-electron chi connectivity index (χ2n) is 4.00. The van der Waals surface area contributed by atoms with Crippen molar-refractivity contribution < 1.29 is 9.53 Å². The van der Waals surface area contributed by atoms with Gasteiger partial charge in [-0.25, -0.2) is 0 Å². The lowest BCUT2D eigenvalue weighted by Crippen LogP contribution is -2.18. The Hall–Kier alpha value is -1.65. The zero-order valence-corrected chi connectivity index (χ0v) is 10.7. The van der Waals surface area contributed by atoms with E-state index in [0.29, 0.717) is 6.54 Å². The highest BCUT2D eigenvalue weighted by molar-refractivity contribution is 5.83. The number of para-hydroxylation sites is 1. The molecule has 1 aromatic carbocycles. The third-order valence-electron chi connectivity index (χ3n) is 2.94. The van der Waals surface area contributed by atoms with Gasteiger partial charge in [0.15, 0.2) is 0 Å². The first-order valence-electron chi connectivity index (χ1n) is 5.92. The Kier molecular flexibility index (Phi) is 6.11. The Balaban J connectivity index is 0.000000771. The predicted octanol–water partition coefficient (Wildman–Crippen LogP) is 1.89. The van der Waals surface area contributed by atoms with Gasteiger partial charge in [-0.15, -0.1) is 0 Å². The highest BCUT2D eigenvalue weighted by Crippen LogP contribution is 2.20. The molecule has 1 aromatic heterocycles. The van der Waals surface area contributed by atoms with Gasteiger partial charge < -0.3 is 20.2 Å². The Labute approximate surface area is 107 Å². The number of H-pyrrole nitrogens is 1. The molecule has 0 saturated carbocycles. The van der Waals surface area contributed by atoms with Crippen LogP contribution >= 0.6 is 0 Å². The number of carbonyl (C=O) groups is 1. The Morgan fingerprint density at radius 2 is 2.11 bits per heavy atom. The summed E-state index contributed by atoms with van der Waals surface area (Å²) in [7, 11) is 1.75. The van der Waals surface area contributed by atoms with Gasteiger partial charge in [-0.3, -0.25) is 0 Å². The number of nitrogens with two attached hydrogens (primary N) is 1. The van der Waals surface area contributed by atoms with Crippen LogP contribution in [0.1, 0.15) is 12.0 Å². The van der Waals surface area contributed by atoms with Crippen molar-refractivity contribution in [2.45, 2.75) is 18.9 Å². The molecule has 1 unspecified atom stereocenters. The predicted molar refractivity (Wildman–Crippen MR) is 73.6 cm³/mol. The maximum Gasteiger partial charge on any atom is 0.106 e. The zero-order valence-electron chi connectivity index (χ0n) is 10.7. The molecule has 3 N–H and O–H groups in total. The zero-order chi connectivity index (χ0) is 13.4. The molecule has 0 spiro atoms. The lowest BCUT2D eigenvalue weighted by Gasteiger charge is -2.13. The molecule has 18 heavy (non-hydrogen) atoms. The summed E-state index contributed by atoms with van der Waals surface area (Å²) in [5.74, 6) is 0. The summed E-state index contributed by atoms with van der Waals surface area (Å²) < 4.78 is 5.42. The number of hydrogen-bond acceptors (Lipinski definition) is 3. The Bertz CT molecular complexity index is 468. The molecule has 0 radical (unpaired) electrons. The molecule has 0 amide bonds. The maximum atomic E-state index is 8.00. The highest BCUT2D eigenvalue weighted by Gasteiger charge is 2.10. The Morgan fingerprint density at radius 3 is 2.78 bits per heavy atom. The average Bonchev–Trinajstić information content (AvgIpc) is 2.84. The minimum Gasteiger partial charge on any atom is -0.381 e. The van der Waals surface area contributed by atoms with Crippen molar-refractivity contribution in [1.29, 1.82) is 0 Å². The summed E-state index contributed by atoms with van der Waals surface area (Å²) in [6, 6.07) is 8.32. The quantitative estimate of drug-likeness (QED) is 0.849. The molecule has 4 heteroatoms. The van der Waals surface area contributed by atoms with E-state index in [4.69, 9.17) is 15.3 Å². The fraction of sp³-hybridized carbons (Fsp3) is 0.357. The summed E-state index contributed by atoms with van der Waals surface area (Å²) in [6.45, 7) is 2.67. The summed E-state index contributed by atoms with van der Waals surface area (Å²) in [5.41, 5.74) is 8.04. The van der Waals surface area contributed by atoms with Crippen LogP contribution in [0.3, 0.4) is 0 Å². The number of aromatic nitrogens is 1. The third-order valence-corrected chi connectivity index (χ3v) is 2.94. The van der Waals surface area contributed by atoms with Gasteiger partial charge in [0.05, 0.1) is 6.10 Å². The number of fused-ring (bicyclic) bond motifs is 1. The largest absolute Gasteiger partial charge is 0.381 e. The first-order chi connectivity index (χ1) is 8.85. The van der Waals surface area contributed by atoms with E-state index in [9.17, 15) is 0 Å². The molecule has 1 heterocycles. The molecule has 0 bridgehead atoms. The van der Waals surface area contributed by atoms with Crippen LogP contribution in [0.4, 0.5) is 0 Å². The molecule has 0 fully saturated rings. The summed E-state index contributed by atoms with van der Waals surface area (Å²) in [5, 5.41) is 1.28. The van der Waals surface area contributed by atoms with Crippen molar-refractivity contribution in [3.05, 3.63) is 36.0 Å². The normalized spacial score (nSPS) is 11.9. The van der Waals surface area contributed by atoms with Crippen molar-refractivity contribution in [1.82, 2.24) is 4.98 Å². The molecule has 0 aliphatic heterocycles. The number of ether oxygens (including phenoxy) is 1. The van der Waals surface area contributed by atoms with Crippen LogP contribution in [0.15, 0.2) is 30.5 Å². The van der Waals surface area contributed by atoms with Gasteiger partial charge in [0.1, 0.15) is 6.79 Å². The van der Waals surface area contributed by atoms with Gasteiger partial charge >= 0.3 is 0 Å². The van der Waals surface area contributed by atoms with E-state index >= 15 is 0 Å².